The summed E-state index contributed by atoms with van der Waals surface area (Å²) in [5.74, 6) is 0.999. The van der Waals surface area contributed by atoms with E-state index in [0.29, 0.717) is 22.7 Å². The summed E-state index contributed by atoms with van der Waals surface area (Å²) in [6.45, 7) is 3.80. The highest BCUT2D eigenvalue weighted by molar-refractivity contribution is 6.05. The maximum atomic E-state index is 12.4. The second-order valence-corrected chi connectivity index (χ2v) is 5.37. The average Bonchev–Trinajstić information content (AvgIpc) is 2.55. The number of carbonyl (C=O) groups is 1. The van der Waals surface area contributed by atoms with Crippen molar-refractivity contribution in [2.75, 3.05) is 19.5 Å². The molecule has 1 amide bonds. The van der Waals surface area contributed by atoms with Crippen molar-refractivity contribution in [2.24, 2.45) is 5.73 Å². The van der Waals surface area contributed by atoms with Crippen molar-refractivity contribution in [2.45, 2.75) is 19.9 Å². The number of amides is 1. The number of ether oxygens (including phenoxy) is 2. The van der Waals surface area contributed by atoms with Gasteiger partial charge in [-0.2, -0.15) is 0 Å². The van der Waals surface area contributed by atoms with E-state index in [1.54, 1.807) is 26.4 Å². The number of nitrogens with one attached hydrogen (secondary N) is 1. The second-order valence-electron chi connectivity index (χ2n) is 5.37. The van der Waals surface area contributed by atoms with Crippen LogP contribution in [0.2, 0.25) is 0 Å². The van der Waals surface area contributed by atoms with E-state index in [1.165, 1.54) is 0 Å². The van der Waals surface area contributed by atoms with Gasteiger partial charge in [-0.15, -0.1) is 0 Å². The van der Waals surface area contributed by atoms with Crippen LogP contribution in [0.5, 0.6) is 11.5 Å². The van der Waals surface area contributed by atoms with E-state index in [9.17, 15) is 4.79 Å². The molecule has 0 radical (unpaired) electrons. The van der Waals surface area contributed by atoms with Crippen molar-refractivity contribution in [1.29, 1.82) is 0 Å². The van der Waals surface area contributed by atoms with Crippen LogP contribution in [0.3, 0.4) is 0 Å². The minimum absolute atomic E-state index is 0.0367. The summed E-state index contributed by atoms with van der Waals surface area (Å²) in [5, 5.41) is 2.86. The molecule has 2 aromatic rings. The van der Waals surface area contributed by atoms with Gasteiger partial charge in [0, 0.05) is 22.9 Å². The number of benzene rings is 2. The van der Waals surface area contributed by atoms with Crippen LogP contribution in [0.4, 0.5) is 5.69 Å². The molecular weight excluding hydrogens is 292 g/mol. The molecule has 0 aromatic heterocycles. The van der Waals surface area contributed by atoms with Gasteiger partial charge in [0.2, 0.25) is 0 Å². The third-order valence-corrected chi connectivity index (χ3v) is 3.71. The van der Waals surface area contributed by atoms with Gasteiger partial charge in [0.25, 0.3) is 5.91 Å². The zero-order valence-corrected chi connectivity index (χ0v) is 13.8. The molecule has 0 bridgehead atoms. The summed E-state index contributed by atoms with van der Waals surface area (Å²) in [7, 11) is 3.13. The van der Waals surface area contributed by atoms with Crippen molar-refractivity contribution < 1.29 is 14.3 Å². The molecule has 0 aliphatic rings. The van der Waals surface area contributed by atoms with Gasteiger partial charge in [-0.25, -0.2) is 0 Å². The molecule has 2 rings (SSSR count). The number of rotatable bonds is 5. The summed E-state index contributed by atoms with van der Waals surface area (Å²) < 4.78 is 10.6. The standard InChI is InChI=1S/C18H22N2O3/c1-11-16(22-3)9-14(10-17(11)23-4)18(21)20-15-7-5-13(6-8-15)12(2)19/h5-10,12H,19H2,1-4H3,(H,20,21). The zero-order valence-electron chi connectivity index (χ0n) is 13.8. The Hall–Kier alpha value is -2.53. The Kier molecular flexibility index (Phi) is 5.24. The Morgan fingerprint density at radius 2 is 1.61 bits per heavy atom. The van der Waals surface area contributed by atoms with Crippen molar-refractivity contribution in [3.05, 3.63) is 53.1 Å². The molecule has 5 heteroatoms. The Bertz CT molecular complexity index is 669. The Balaban J connectivity index is 2.23. The van der Waals surface area contributed by atoms with Crippen molar-refractivity contribution in [3.8, 4) is 11.5 Å². The van der Waals surface area contributed by atoms with E-state index in [-0.39, 0.29) is 11.9 Å². The first-order valence-corrected chi connectivity index (χ1v) is 7.35. The van der Waals surface area contributed by atoms with Gasteiger partial charge in [-0.3, -0.25) is 4.79 Å². The molecule has 23 heavy (non-hydrogen) atoms. The predicted molar refractivity (Wildman–Crippen MR) is 91.3 cm³/mol. The molecule has 1 atom stereocenters. The van der Waals surface area contributed by atoms with E-state index >= 15 is 0 Å². The van der Waals surface area contributed by atoms with Gasteiger partial charge in [0.1, 0.15) is 11.5 Å². The molecular formula is C18H22N2O3. The van der Waals surface area contributed by atoms with Crippen LogP contribution in [0.25, 0.3) is 0 Å². The monoisotopic (exact) mass is 314 g/mol. The molecule has 122 valence electrons. The van der Waals surface area contributed by atoms with E-state index in [1.807, 2.05) is 38.1 Å². The normalized spacial score (nSPS) is 11.7. The molecule has 0 heterocycles. The number of nitrogens with two attached hydrogens (primary N) is 1. The van der Waals surface area contributed by atoms with E-state index < -0.39 is 0 Å². The fourth-order valence-corrected chi connectivity index (χ4v) is 2.29. The topological polar surface area (TPSA) is 73.6 Å². The minimum Gasteiger partial charge on any atom is -0.496 e. The van der Waals surface area contributed by atoms with Gasteiger partial charge >= 0.3 is 0 Å². The molecule has 1 unspecified atom stereocenters. The average molecular weight is 314 g/mol. The van der Waals surface area contributed by atoms with Crippen LogP contribution in [0.1, 0.15) is 34.5 Å². The van der Waals surface area contributed by atoms with E-state index in [0.717, 1.165) is 11.1 Å². The van der Waals surface area contributed by atoms with Crippen LogP contribution in [0.15, 0.2) is 36.4 Å². The van der Waals surface area contributed by atoms with E-state index in [4.69, 9.17) is 15.2 Å². The van der Waals surface area contributed by atoms with Gasteiger partial charge in [-0.1, -0.05) is 12.1 Å². The highest BCUT2D eigenvalue weighted by Crippen LogP contribution is 2.29. The van der Waals surface area contributed by atoms with Crippen molar-refractivity contribution in [3.63, 3.8) is 0 Å². The lowest BCUT2D eigenvalue weighted by Gasteiger charge is -2.13. The molecule has 0 aliphatic carbocycles. The van der Waals surface area contributed by atoms with Crippen molar-refractivity contribution >= 4 is 11.6 Å². The minimum atomic E-state index is -0.227. The maximum Gasteiger partial charge on any atom is 0.255 e. The number of methoxy groups -OCH3 is 2. The fraction of sp³-hybridized carbons (Fsp3) is 0.278. The van der Waals surface area contributed by atoms with Crippen molar-refractivity contribution in [1.82, 2.24) is 0 Å². The highest BCUT2D eigenvalue weighted by atomic mass is 16.5. The third-order valence-electron chi connectivity index (χ3n) is 3.71. The summed E-state index contributed by atoms with van der Waals surface area (Å²) in [6, 6.07) is 10.8. The van der Waals surface area contributed by atoms with Gasteiger partial charge in [-0.05, 0) is 43.7 Å². The first-order chi connectivity index (χ1) is 11.0. The van der Waals surface area contributed by atoms with Crippen LogP contribution in [-0.4, -0.2) is 20.1 Å². The van der Waals surface area contributed by atoms with Gasteiger partial charge < -0.3 is 20.5 Å². The summed E-state index contributed by atoms with van der Waals surface area (Å²) in [5.41, 5.74) is 8.87. The number of carbonyl (C=O) groups excluding carboxylic acids is 1. The number of hydrogen-bond acceptors (Lipinski definition) is 4. The predicted octanol–water partition coefficient (Wildman–Crippen LogP) is 3.28. The van der Waals surface area contributed by atoms with Crippen LogP contribution in [-0.2, 0) is 0 Å². The van der Waals surface area contributed by atoms with Gasteiger partial charge in [0.05, 0.1) is 14.2 Å². The molecule has 0 fully saturated rings. The van der Waals surface area contributed by atoms with Crippen LogP contribution < -0.4 is 20.5 Å². The molecule has 3 N–H and O–H groups in total. The summed E-state index contributed by atoms with van der Waals surface area (Å²) in [6.07, 6.45) is 0. The lowest BCUT2D eigenvalue weighted by Crippen LogP contribution is -2.13. The number of anilines is 1. The third kappa shape index (κ3) is 3.81. The smallest absolute Gasteiger partial charge is 0.255 e. The zero-order chi connectivity index (χ0) is 17.0. The SMILES string of the molecule is COc1cc(C(=O)Nc2ccc(C(C)N)cc2)cc(OC)c1C. The molecule has 0 saturated heterocycles. The molecule has 5 nitrogen and oxygen atoms in total. The Labute approximate surface area is 136 Å². The van der Waals surface area contributed by atoms with Gasteiger partial charge in [0.15, 0.2) is 0 Å². The first-order valence-electron chi connectivity index (χ1n) is 7.35. The lowest BCUT2D eigenvalue weighted by molar-refractivity contribution is 0.102. The lowest BCUT2D eigenvalue weighted by atomic mass is 10.1. The molecule has 0 aliphatic heterocycles. The quantitative estimate of drug-likeness (QED) is 0.888. The summed E-state index contributed by atoms with van der Waals surface area (Å²) in [4.78, 5) is 12.4. The fourth-order valence-electron chi connectivity index (χ4n) is 2.29. The second kappa shape index (κ2) is 7.15. The maximum absolute atomic E-state index is 12.4. The largest absolute Gasteiger partial charge is 0.496 e. The highest BCUT2D eigenvalue weighted by Gasteiger charge is 2.14. The Morgan fingerprint density at radius 3 is 2.04 bits per heavy atom. The Morgan fingerprint density at radius 1 is 1.09 bits per heavy atom. The van der Waals surface area contributed by atoms with Crippen LogP contribution in [0, 0.1) is 6.92 Å². The summed E-state index contributed by atoms with van der Waals surface area (Å²) >= 11 is 0. The molecule has 0 spiro atoms. The molecule has 0 saturated carbocycles. The molecule has 2 aromatic carbocycles. The van der Waals surface area contributed by atoms with E-state index in [2.05, 4.69) is 5.32 Å². The number of hydrogen-bond donors (Lipinski definition) is 2. The van der Waals surface area contributed by atoms with Crippen LogP contribution >= 0.6 is 0 Å². The first kappa shape index (κ1) is 16.8.